The maximum Gasteiger partial charge on any atom is 0.279 e. The molecule has 0 radical (unpaired) electrons. The first-order chi connectivity index (χ1) is 12.9. The van der Waals surface area contributed by atoms with Crippen LogP contribution in [-0.2, 0) is 16.1 Å². The summed E-state index contributed by atoms with van der Waals surface area (Å²) >= 11 is 7.37. The lowest BCUT2D eigenvalue weighted by Crippen LogP contribution is -3.11. The fraction of sp³-hybridized carbons (Fsp3) is 0.263. The van der Waals surface area contributed by atoms with Crippen LogP contribution < -0.4 is 10.2 Å². The van der Waals surface area contributed by atoms with E-state index in [1.807, 2.05) is 6.07 Å². The summed E-state index contributed by atoms with van der Waals surface area (Å²) in [7, 11) is 1.76. The molecule has 0 saturated heterocycles. The predicted octanol–water partition coefficient (Wildman–Crippen LogP) is 2.21. The summed E-state index contributed by atoms with van der Waals surface area (Å²) in [6.07, 6.45) is 1.67. The molecule has 2 aromatic rings. The van der Waals surface area contributed by atoms with Gasteiger partial charge in [0.2, 0.25) is 0 Å². The number of anilines is 1. The molecular weight excluding hydrogens is 389 g/mol. The molecule has 0 bridgehead atoms. The number of amides is 2. The Morgan fingerprint density at radius 1 is 1.33 bits per heavy atom. The third kappa shape index (κ3) is 7.13. The molecule has 0 aliphatic heterocycles. The molecule has 27 heavy (non-hydrogen) atoms. The smallest absolute Gasteiger partial charge is 0.279 e. The summed E-state index contributed by atoms with van der Waals surface area (Å²) in [6, 6.07) is 9.37. The standard InChI is InChI=1S/C19H21ClFN3O2S/c1-3-9-24(11-16-7-8-17(20)27-16)19(26)13-23(2)12-18(25)22-15-6-4-5-14(21)10-15/h3-8,10H,1,9,11-13H2,2H3,(H,22,25)/p+1. The number of quaternary nitrogens is 1. The minimum atomic E-state index is -0.419. The summed E-state index contributed by atoms with van der Waals surface area (Å²) < 4.78 is 13.8. The molecule has 8 heteroatoms. The van der Waals surface area contributed by atoms with Gasteiger partial charge in [-0.2, -0.15) is 0 Å². The van der Waals surface area contributed by atoms with Crippen molar-refractivity contribution < 1.29 is 18.9 Å². The molecule has 1 heterocycles. The molecule has 0 fully saturated rings. The van der Waals surface area contributed by atoms with E-state index in [1.165, 1.54) is 29.5 Å². The van der Waals surface area contributed by atoms with Crippen LogP contribution in [0.2, 0.25) is 4.34 Å². The topological polar surface area (TPSA) is 53.9 Å². The number of thiophene rings is 1. The van der Waals surface area contributed by atoms with Crippen LogP contribution in [0.5, 0.6) is 0 Å². The van der Waals surface area contributed by atoms with Crippen molar-refractivity contribution in [2.75, 3.05) is 32.0 Å². The van der Waals surface area contributed by atoms with Gasteiger partial charge in [0, 0.05) is 17.1 Å². The van der Waals surface area contributed by atoms with Gasteiger partial charge in [-0.3, -0.25) is 9.59 Å². The normalized spacial score (nSPS) is 11.7. The molecule has 2 rings (SSSR count). The first-order valence-electron chi connectivity index (χ1n) is 8.37. The van der Waals surface area contributed by atoms with Crippen LogP contribution in [-0.4, -0.2) is 43.4 Å². The molecule has 0 saturated carbocycles. The predicted molar refractivity (Wildman–Crippen MR) is 107 cm³/mol. The highest BCUT2D eigenvalue weighted by atomic mass is 35.5. The first-order valence-corrected chi connectivity index (χ1v) is 9.56. The Bertz CT molecular complexity index is 812. The van der Waals surface area contributed by atoms with Crippen molar-refractivity contribution >= 4 is 40.4 Å². The van der Waals surface area contributed by atoms with Crippen LogP contribution >= 0.6 is 22.9 Å². The number of nitrogens with zero attached hydrogens (tertiary/aromatic N) is 1. The van der Waals surface area contributed by atoms with Gasteiger partial charge in [-0.1, -0.05) is 23.7 Å². The molecule has 1 aromatic heterocycles. The minimum Gasteiger partial charge on any atom is -0.329 e. The van der Waals surface area contributed by atoms with Crippen molar-refractivity contribution in [2.45, 2.75) is 6.54 Å². The summed E-state index contributed by atoms with van der Waals surface area (Å²) in [4.78, 5) is 28.1. The maximum absolute atomic E-state index is 13.2. The molecule has 0 aliphatic rings. The molecule has 0 aliphatic carbocycles. The lowest BCUT2D eigenvalue weighted by molar-refractivity contribution is -0.862. The van der Waals surface area contributed by atoms with E-state index in [-0.39, 0.29) is 24.9 Å². The number of hydrogen-bond donors (Lipinski definition) is 2. The zero-order chi connectivity index (χ0) is 19.8. The average molecular weight is 411 g/mol. The Balaban J connectivity index is 1.87. The van der Waals surface area contributed by atoms with Gasteiger partial charge in [0.1, 0.15) is 5.82 Å². The number of carbonyl (C=O) groups is 2. The molecule has 1 unspecified atom stereocenters. The van der Waals surface area contributed by atoms with Crippen LogP contribution in [0.25, 0.3) is 0 Å². The van der Waals surface area contributed by atoms with Gasteiger partial charge in [0.05, 0.1) is 17.9 Å². The minimum absolute atomic E-state index is 0.0875. The molecule has 5 nitrogen and oxygen atoms in total. The van der Waals surface area contributed by atoms with Crippen molar-refractivity contribution in [3.8, 4) is 0 Å². The second-order valence-electron chi connectivity index (χ2n) is 6.14. The van der Waals surface area contributed by atoms with Crippen LogP contribution in [0.15, 0.2) is 49.1 Å². The Kier molecular flexibility index (Phi) is 7.97. The van der Waals surface area contributed by atoms with Crippen molar-refractivity contribution in [3.05, 3.63) is 64.1 Å². The monoisotopic (exact) mass is 410 g/mol. The Labute approximate surface area is 167 Å². The highest BCUT2D eigenvalue weighted by Crippen LogP contribution is 2.22. The Morgan fingerprint density at radius 2 is 2.11 bits per heavy atom. The fourth-order valence-corrected chi connectivity index (χ4v) is 3.62. The second kappa shape index (κ2) is 10.2. The highest BCUT2D eigenvalue weighted by Gasteiger charge is 2.20. The number of likely N-dealkylation sites (N-methyl/N-ethyl adjacent to an activating group) is 1. The fourth-order valence-electron chi connectivity index (χ4n) is 2.51. The molecule has 1 aromatic carbocycles. The highest BCUT2D eigenvalue weighted by molar-refractivity contribution is 7.16. The zero-order valence-electron chi connectivity index (χ0n) is 15.0. The van der Waals surface area contributed by atoms with E-state index < -0.39 is 5.82 Å². The number of nitrogens with one attached hydrogen (secondary N) is 2. The Hall–Kier alpha value is -2.22. The number of carbonyl (C=O) groups excluding carboxylic acids is 2. The largest absolute Gasteiger partial charge is 0.329 e. The van der Waals surface area contributed by atoms with Gasteiger partial charge in [-0.25, -0.2) is 4.39 Å². The first kappa shape index (κ1) is 21.1. The van der Waals surface area contributed by atoms with Crippen LogP contribution in [0.1, 0.15) is 4.88 Å². The van der Waals surface area contributed by atoms with E-state index in [4.69, 9.17) is 11.6 Å². The third-order valence-corrected chi connectivity index (χ3v) is 4.92. The molecule has 2 N–H and O–H groups in total. The zero-order valence-corrected chi connectivity index (χ0v) is 16.6. The summed E-state index contributed by atoms with van der Waals surface area (Å²) in [5, 5.41) is 2.63. The van der Waals surface area contributed by atoms with Gasteiger partial charge in [0.25, 0.3) is 11.8 Å². The van der Waals surface area contributed by atoms with Gasteiger partial charge in [0.15, 0.2) is 13.1 Å². The molecule has 1 atom stereocenters. The SMILES string of the molecule is C=CCN(Cc1ccc(Cl)s1)C(=O)C[NH+](C)CC(=O)Nc1cccc(F)c1. The molecular formula is C19H22ClFN3O2S+. The molecule has 2 amide bonds. The van der Waals surface area contributed by atoms with Crippen LogP contribution in [0, 0.1) is 5.82 Å². The Morgan fingerprint density at radius 3 is 2.74 bits per heavy atom. The van der Waals surface area contributed by atoms with Gasteiger partial charge in [-0.05, 0) is 30.3 Å². The number of benzene rings is 1. The van der Waals surface area contributed by atoms with E-state index in [9.17, 15) is 14.0 Å². The molecule has 0 spiro atoms. The van der Waals surface area contributed by atoms with E-state index in [2.05, 4.69) is 11.9 Å². The van der Waals surface area contributed by atoms with Crippen molar-refractivity contribution in [1.82, 2.24) is 4.90 Å². The summed E-state index contributed by atoms with van der Waals surface area (Å²) in [5.74, 6) is -0.792. The van der Waals surface area contributed by atoms with E-state index in [0.29, 0.717) is 23.1 Å². The molecule has 144 valence electrons. The van der Waals surface area contributed by atoms with Crippen LogP contribution in [0.4, 0.5) is 10.1 Å². The second-order valence-corrected chi connectivity index (χ2v) is 7.94. The lowest BCUT2D eigenvalue weighted by atomic mass is 10.3. The van der Waals surface area contributed by atoms with Crippen molar-refractivity contribution in [2.24, 2.45) is 0 Å². The number of halogens is 2. The van der Waals surface area contributed by atoms with E-state index >= 15 is 0 Å². The lowest BCUT2D eigenvalue weighted by Gasteiger charge is -2.22. The van der Waals surface area contributed by atoms with E-state index in [1.54, 1.807) is 30.2 Å². The van der Waals surface area contributed by atoms with Crippen LogP contribution in [0.3, 0.4) is 0 Å². The summed E-state index contributed by atoms with van der Waals surface area (Å²) in [5.41, 5.74) is 0.391. The van der Waals surface area contributed by atoms with Crippen molar-refractivity contribution in [1.29, 1.82) is 0 Å². The van der Waals surface area contributed by atoms with Gasteiger partial charge < -0.3 is 15.1 Å². The third-order valence-electron chi connectivity index (χ3n) is 3.70. The average Bonchev–Trinajstić information content (AvgIpc) is 2.99. The summed E-state index contributed by atoms with van der Waals surface area (Å²) in [6.45, 7) is 4.80. The maximum atomic E-state index is 13.2. The van der Waals surface area contributed by atoms with E-state index in [0.717, 1.165) is 9.78 Å². The quantitative estimate of drug-likeness (QED) is 0.623. The number of rotatable bonds is 9. The van der Waals surface area contributed by atoms with Gasteiger partial charge in [-0.15, -0.1) is 17.9 Å². The van der Waals surface area contributed by atoms with Gasteiger partial charge >= 0.3 is 0 Å². The number of hydrogen-bond acceptors (Lipinski definition) is 3. The van der Waals surface area contributed by atoms with Crippen molar-refractivity contribution in [3.63, 3.8) is 0 Å².